The van der Waals surface area contributed by atoms with Crippen LogP contribution in [-0.4, -0.2) is 55.8 Å². The van der Waals surface area contributed by atoms with E-state index < -0.39 is 0 Å². The Morgan fingerprint density at radius 2 is 2.07 bits per heavy atom. The monoisotopic (exact) mass is 375 g/mol. The number of nitrogens with zero attached hydrogens (tertiary/aromatic N) is 1. The third-order valence-corrected chi connectivity index (χ3v) is 5.42. The van der Waals surface area contributed by atoms with E-state index in [-0.39, 0.29) is 12.0 Å². The van der Waals surface area contributed by atoms with Crippen LogP contribution in [0.3, 0.4) is 0 Å². The zero-order chi connectivity index (χ0) is 18.9. The molecule has 0 spiro atoms. The second-order valence-electron chi connectivity index (χ2n) is 7.55. The van der Waals surface area contributed by atoms with Crippen LogP contribution >= 0.6 is 0 Å². The summed E-state index contributed by atoms with van der Waals surface area (Å²) in [5.41, 5.74) is 6.73. The maximum absolute atomic E-state index is 11.7. The van der Waals surface area contributed by atoms with Crippen molar-refractivity contribution in [2.75, 3.05) is 32.8 Å². The van der Waals surface area contributed by atoms with E-state index in [1.165, 1.54) is 18.4 Å². The Kier molecular flexibility index (Phi) is 7.93. The molecule has 0 aromatic heterocycles. The van der Waals surface area contributed by atoms with Crippen LogP contribution in [-0.2, 0) is 16.1 Å². The molecule has 0 saturated carbocycles. The van der Waals surface area contributed by atoms with Crippen LogP contribution in [0.4, 0.5) is 0 Å². The molecular weight excluding hydrogens is 342 g/mol. The minimum absolute atomic E-state index is 0.0516. The lowest BCUT2D eigenvalue weighted by Gasteiger charge is -2.36. The lowest BCUT2D eigenvalue weighted by molar-refractivity contribution is -0.121. The van der Waals surface area contributed by atoms with Gasteiger partial charge in [0.25, 0.3) is 0 Å². The van der Waals surface area contributed by atoms with Crippen molar-refractivity contribution < 1.29 is 14.3 Å². The molecule has 1 aromatic carbocycles. The van der Waals surface area contributed by atoms with Crippen molar-refractivity contribution in [1.29, 1.82) is 0 Å². The second-order valence-corrected chi connectivity index (χ2v) is 7.55. The molecule has 3 rings (SSSR count). The molecular formula is C21H33N3O3. The number of rotatable bonds is 9. The summed E-state index contributed by atoms with van der Waals surface area (Å²) in [7, 11) is 0. The molecule has 0 aliphatic carbocycles. The van der Waals surface area contributed by atoms with Crippen LogP contribution in [0.2, 0.25) is 0 Å². The fourth-order valence-electron chi connectivity index (χ4n) is 3.84. The molecule has 2 fully saturated rings. The number of carbonyl (C=O) groups is 1. The Balaban J connectivity index is 1.47. The zero-order valence-electron chi connectivity index (χ0n) is 16.2. The Bertz CT molecular complexity index is 573. The van der Waals surface area contributed by atoms with Gasteiger partial charge in [-0.2, -0.15) is 0 Å². The molecule has 3 N–H and O–H groups in total. The van der Waals surface area contributed by atoms with Crippen molar-refractivity contribution in [1.82, 2.24) is 10.2 Å². The zero-order valence-corrected chi connectivity index (χ0v) is 16.2. The number of hydrogen-bond donors (Lipinski definition) is 2. The van der Waals surface area contributed by atoms with Gasteiger partial charge in [-0.25, -0.2) is 0 Å². The molecule has 0 bridgehead atoms. The van der Waals surface area contributed by atoms with E-state index in [4.69, 9.17) is 15.2 Å². The van der Waals surface area contributed by atoms with Crippen LogP contribution < -0.4 is 15.8 Å². The molecule has 2 aliphatic heterocycles. The molecule has 0 radical (unpaired) electrons. The van der Waals surface area contributed by atoms with Crippen LogP contribution in [0.5, 0.6) is 5.75 Å². The van der Waals surface area contributed by atoms with Gasteiger partial charge in [-0.05, 0) is 49.9 Å². The van der Waals surface area contributed by atoms with E-state index in [2.05, 4.69) is 22.3 Å². The van der Waals surface area contributed by atoms with Gasteiger partial charge in [0.2, 0.25) is 5.91 Å². The smallest absolute Gasteiger partial charge is 0.221 e. The first-order valence-corrected chi connectivity index (χ1v) is 10.3. The number of nitrogens with one attached hydrogen (secondary N) is 1. The number of benzene rings is 1. The molecule has 27 heavy (non-hydrogen) atoms. The molecule has 2 heterocycles. The number of piperidine rings is 1. The normalized spacial score (nSPS) is 23.3. The SMILES string of the molecule is NCCC(=O)NCC1CCCCN1Cc1ccc(OCC2CCCO2)cc1. The summed E-state index contributed by atoms with van der Waals surface area (Å²) in [6.45, 7) is 4.59. The highest BCUT2D eigenvalue weighted by Gasteiger charge is 2.23. The molecule has 6 heteroatoms. The van der Waals surface area contributed by atoms with Crippen LogP contribution in [0.15, 0.2) is 24.3 Å². The molecule has 150 valence electrons. The van der Waals surface area contributed by atoms with Crippen LogP contribution in [0.25, 0.3) is 0 Å². The first kappa shape index (κ1) is 20.1. The maximum atomic E-state index is 11.7. The number of amides is 1. The summed E-state index contributed by atoms with van der Waals surface area (Å²) in [6, 6.07) is 8.78. The Labute approximate surface area is 162 Å². The molecule has 2 aliphatic rings. The summed E-state index contributed by atoms with van der Waals surface area (Å²) in [4.78, 5) is 14.2. The van der Waals surface area contributed by atoms with E-state index in [9.17, 15) is 4.79 Å². The Morgan fingerprint density at radius 1 is 1.22 bits per heavy atom. The molecule has 6 nitrogen and oxygen atoms in total. The quantitative estimate of drug-likeness (QED) is 0.691. The minimum Gasteiger partial charge on any atom is -0.491 e. The van der Waals surface area contributed by atoms with E-state index in [0.29, 0.717) is 32.2 Å². The third kappa shape index (κ3) is 6.48. The average Bonchev–Trinajstić information content (AvgIpc) is 3.21. The first-order valence-electron chi connectivity index (χ1n) is 10.3. The van der Waals surface area contributed by atoms with Crippen LogP contribution in [0, 0.1) is 0 Å². The molecule has 1 amide bonds. The van der Waals surface area contributed by atoms with Gasteiger partial charge < -0.3 is 20.5 Å². The number of likely N-dealkylation sites (tertiary alicyclic amines) is 1. The van der Waals surface area contributed by atoms with Gasteiger partial charge in [-0.3, -0.25) is 9.69 Å². The lowest BCUT2D eigenvalue weighted by atomic mass is 10.0. The largest absolute Gasteiger partial charge is 0.491 e. The number of ether oxygens (including phenoxy) is 2. The highest BCUT2D eigenvalue weighted by molar-refractivity contribution is 5.76. The standard InChI is InChI=1S/C21H33N3O3/c22-11-10-21(25)23-14-18-4-1-2-12-24(18)15-17-6-8-19(9-7-17)27-16-20-5-3-13-26-20/h6-9,18,20H,1-5,10-16,22H2,(H,23,25). The highest BCUT2D eigenvalue weighted by Crippen LogP contribution is 2.21. The Morgan fingerprint density at radius 3 is 2.81 bits per heavy atom. The summed E-state index contributed by atoms with van der Waals surface area (Å²) < 4.78 is 11.4. The van der Waals surface area contributed by atoms with Crippen molar-refractivity contribution in [3.63, 3.8) is 0 Å². The van der Waals surface area contributed by atoms with Crippen molar-refractivity contribution in [3.8, 4) is 5.75 Å². The highest BCUT2D eigenvalue weighted by atomic mass is 16.5. The summed E-state index contributed by atoms with van der Waals surface area (Å²) >= 11 is 0. The molecule has 2 saturated heterocycles. The van der Waals surface area contributed by atoms with Gasteiger partial charge in [0.05, 0.1) is 6.10 Å². The predicted molar refractivity (Wildman–Crippen MR) is 106 cm³/mol. The van der Waals surface area contributed by atoms with E-state index in [1.807, 2.05) is 12.1 Å². The van der Waals surface area contributed by atoms with E-state index in [1.54, 1.807) is 0 Å². The van der Waals surface area contributed by atoms with E-state index in [0.717, 1.165) is 44.7 Å². The van der Waals surface area contributed by atoms with Gasteiger partial charge in [0.1, 0.15) is 12.4 Å². The average molecular weight is 376 g/mol. The van der Waals surface area contributed by atoms with Crippen molar-refractivity contribution >= 4 is 5.91 Å². The van der Waals surface area contributed by atoms with E-state index >= 15 is 0 Å². The predicted octanol–water partition coefficient (Wildman–Crippen LogP) is 2.06. The van der Waals surface area contributed by atoms with Gasteiger partial charge in [0, 0.05) is 38.7 Å². The number of hydrogen-bond acceptors (Lipinski definition) is 5. The topological polar surface area (TPSA) is 76.8 Å². The Hall–Kier alpha value is -1.63. The van der Waals surface area contributed by atoms with Crippen molar-refractivity contribution in [2.45, 2.75) is 57.2 Å². The lowest BCUT2D eigenvalue weighted by Crippen LogP contribution is -2.46. The fraction of sp³-hybridized carbons (Fsp3) is 0.667. The fourth-order valence-corrected chi connectivity index (χ4v) is 3.84. The van der Waals surface area contributed by atoms with Crippen molar-refractivity contribution in [3.05, 3.63) is 29.8 Å². The van der Waals surface area contributed by atoms with Gasteiger partial charge in [-0.1, -0.05) is 18.6 Å². The van der Waals surface area contributed by atoms with Gasteiger partial charge >= 0.3 is 0 Å². The molecule has 1 aromatic rings. The molecule has 2 unspecified atom stereocenters. The summed E-state index contributed by atoms with van der Waals surface area (Å²) in [6.07, 6.45) is 6.45. The maximum Gasteiger partial charge on any atom is 0.221 e. The van der Waals surface area contributed by atoms with Crippen molar-refractivity contribution in [2.24, 2.45) is 5.73 Å². The third-order valence-electron chi connectivity index (χ3n) is 5.42. The minimum atomic E-state index is 0.0516. The number of nitrogens with two attached hydrogens (primary N) is 1. The number of carbonyl (C=O) groups excluding carboxylic acids is 1. The second kappa shape index (κ2) is 10.6. The molecule has 2 atom stereocenters. The van der Waals surface area contributed by atoms with Gasteiger partial charge in [0.15, 0.2) is 0 Å². The van der Waals surface area contributed by atoms with Crippen LogP contribution in [0.1, 0.15) is 44.1 Å². The summed E-state index contributed by atoms with van der Waals surface area (Å²) in [5.74, 6) is 0.953. The summed E-state index contributed by atoms with van der Waals surface area (Å²) in [5, 5.41) is 3.03. The first-order chi connectivity index (χ1) is 13.2. The van der Waals surface area contributed by atoms with Gasteiger partial charge in [-0.15, -0.1) is 0 Å².